The number of hydrogen-bond acceptors (Lipinski definition) is 4. The zero-order valence-corrected chi connectivity index (χ0v) is 11.9. The van der Waals surface area contributed by atoms with Gasteiger partial charge in [0.2, 0.25) is 0 Å². The van der Waals surface area contributed by atoms with Crippen LogP contribution in [0.15, 0.2) is 60.7 Å². The van der Waals surface area contributed by atoms with Crippen LogP contribution in [0.4, 0.5) is 5.95 Å². The Hall–Kier alpha value is -3.48. The van der Waals surface area contributed by atoms with Crippen molar-refractivity contribution < 1.29 is 15.3 Å². The molecule has 1 aromatic heterocycles. The molecule has 0 aliphatic heterocycles. The third-order valence-corrected chi connectivity index (χ3v) is 3.17. The van der Waals surface area contributed by atoms with Crippen molar-refractivity contribution in [2.75, 3.05) is 5.43 Å². The van der Waals surface area contributed by atoms with Crippen LogP contribution in [0.5, 0.6) is 5.75 Å². The number of rotatable bonds is 4. The van der Waals surface area contributed by atoms with Gasteiger partial charge in [-0.3, -0.25) is 0 Å². The van der Waals surface area contributed by atoms with Gasteiger partial charge in [0.05, 0.1) is 11.4 Å². The van der Waals surface area contributed by atoms with E-state index in [4.69, 9.17) is 5.21 Å². The van der Waals surface area contributed by atoms with Gasteiger partial charge in [-0.15, -0.1) is 0 Å². The Morgan fingerprint density at radius 1 is 0.913 bits per heavy atom. The number of hydrogen-bond donors (Lipinski definition) is 3. The number of aromatic nitrogens is 2. The standard InChI is InChI=1S/C16H12N4O3/c21-15-9-5-4-8-12(15)14-10-13(11-6-2-1-3-7-11)17-16(18-14)19-20(22)23/h1-10H,(H2-,17,18,19,21,22,23)/p+1. The van der Waals surface area contributed by atoms with Gasteiger partial charge in [-0.05, 0) is 23.6 Å². The monoisotopic (exact) mass is 309 g/mol. The lowest BCUT2D eigenvalue weighted by atomic mass is 10.1. The fourth-order valence-electron chi connectivity index (χ4n) is 2.17. The molecule has 0 fully saturated rings. The Labute approximate surface area is 131 Å². The number of nitrogens with one attached hydrogen (secondary N) is 1. The van der Waals surface area contributed by atoms with Crippen molar-refractivity contribution >= 4 is 5.95 Å². The maximum absolute atomic E-state index is 10.8. The predicted octanol–water partition coefficient (Wildman–Crippen LogP) is 3.01. The van der Waals surface area contributed by atoms with Crippen molar-refractivity contribution in [3.05, 3.63) is 65.6 Å². The molecule has 0 saturated heterocycles. The zero-order chi connectivity index (χ0) is 16.2. The van der Waals surface area contributed by atoms with E-state index in [0.717, 1.165) is 5.56 Å². The van der Waals surface area contributed by atoms with Gasteiger partial charge in [0.15, 0.2) is 0 Å². The van der Waals surface area contributed by atoms with Crippen molar-refractivity contribution in [2.24, 2.45) is 0 Å². The first-order valence-corrected chi connectivity index (χ1v) is 6.79. The normalized spacial score (nSPS) is 10.3. The summed E-state index contributed by atoms with van der Waals surface area (Å²) in [6.45, 7) is 0. The van der Waals surface area contributed by atoms with E-state index in [-0.39, 0.29) is 11.7 Å². The number of benzene rings is 2. The first kappa shape index (κ1) is 14.5. The van der Waals surface area contributed by atoms with E-state index in [0.29, 0.717) is 17.0 Å². The van der Waals surface area contributed by atoms with E-state index in [9.17, 15) is 10.0 Å². The fraction of sp³-hybridized carbons (Fsp3) is 0. The van der Waals surface area contributed by atoms with Gasteiger partial charge in [-0.25, -0.2) is 15.2 Å². The highest BCUT2D eigenvalue weighted by Gasteiger charge is 2.15. The van der Waals surface area contributed by atoms with Crippen molar-refractivity contribution in [2.45, 2.75) is 0 Å². The molecule has 0 aliphatic rings. The number of anilines is 1. The maximum atomic E-state index is 10.8. The van der Waals surface area contributed by atoms with Crippen molar-refractivity contribution in [3.8, 4) is 28.3 Å². The SMILES string of the molecule is O=[N+](O)Nc1nc(-c2ccccc2)cc(-c2ccccc2O)n1. The summed E-state index contributed by atoms with van der Waals surface area (Å²) < 4.78 is 0. The van der Waals surface area contributed by atoms with E-state index in [2.05, 4.69) is 15.4 Å². The first-order chi connectivity index (χ1) is 11.1. The number of para-hydroxylation sites is 1. The largest absolute Gasteiger partial charge is 0.507 e. The average Bonchev–Trinajstić information content (AvgIpc) is 2.55. The molecule has 0 radical (unpaired) electrons. The minimum Gasteiger partial charge on any atom is -0.507 e. The molecule has 2 aromatic carbocycles. The molecule has 0 atom stereocenters. The number of nitrogens with zero attached hydrogens (tertiary/aromatic N) is 3. The van der Waals surface area contributed by atoms with Crippen LogP contribution in [0.3, 0.4) is 0 Å². The molecule has 0 saturated carbocycles. The third kappa shape index (κ3) is 3.24. The Balaban J connectivity index is 2.16. The molecule has 7 nitrogen and oxygen atoms in total. The topological polar surface area (TPSA) is 98.4 Å². The second-order valence-corrected chi connectivity index (χ2v) is 4.73. The lowest BCUT2D eigenvalue weighted by Gasteiger charge is -2.07. The molecule has 114 valence electrons. The van der Waals surface area contributed by atoms with Gasteiger partial charge < -0.3 is 5.11 Å². The van der Waals surface area contributed by atoms with Crippen LogP contribution in [0.25, 0.3) is 22.5 Å². The maximum Gasteiger partial charge on any atom is 0.362 e. The van der Waals surface area contributed by atoms with Gasteiger partial charge in [0.25, 0.3) is 5.95 Å². The molecule has 0 amide bonds. The number of hydrazine groups is 1. The molecule has 3 N–H and O–H groups in total. The second kappa shape index (κ2) is 6.10. The van der Waals surface area contributed by atoms with Crippen LogP contribution in [0.2, 0.25) is 0 Å². The molecule has 3 rings (SSSR count). The average molecular weight is 309 g/mol. The summed E-state index contributed by atoms with van der Waals surface area (Å²) in [6, 6.07) is 17.7. The van der Waals surface area contributed by atoms with Crippen molar-refractivity contribution in [3.63, 3.8) is 0 Å². The van der Waals surface area contributed by atoms with Gasteiger partial charge >= 0.3 is 5.03 Å². The molecule has 7 heteroatoms. The Morgan fingerprint density at radius 2 is 1.57 bits per heavy atom. The van der Waals surface area contributed by atoms with Crippen molar-refractivity contribution in [1.82, 2.24) is 9.97 Å². The van der Waals surface area contributed by atoms with Gasteiger partial charge in [0, 0.05) is 11.1 Å². The van der Waals surface area contributed by atoms with Gasteiger partial charge in [0.1, 0.15) is 10.7 Å². The molecule has 0 unspecified atom stereocenters. The van der Waals surface area contributed by atoms with Crippen LogP contribution in [0.1, 0.15) is 0 Å². The molecule has 0 aliphatic carbocycles. The van der Waals surface area contributed by atoms with Crippen LogP contribution >= 0.6 is 0 Å². The lowest BCUT2D eigenvalue weighted by Crippen LogP contribution is -2.14. The number of aromatic hydroxyl groups is 1. The summed E-state index contributed by atoms with van der Waals surface area (Å²) in [7, 11) is 0. The van der Waals surface area contributed by atoms with Gasteiger partial charge in [-0.1, -0.05) is 42.5 Å². The van der Waals surface area contributed by atoms with Crippen LogP contribution in [-0.4, -0.2) is 25.3 Å². The molecular weight excluding hydrogens is 296 g/mol. The van der Waals surface area contributed by atoms with Gasteiger partial charge in [-0.2, -0.15) is 0 Å². The van der Waals surface area contributed by atoms with E-state index < -0.39 is 5.03 Å². The third-order valence-electron chi connectivity index (χ3n) is 3.17. The summed E-state index contributed by atoms with van der Waals surface area (Å²) in [5.41, 5.74) is 4.34. The van der Waals surface area contributed by atoms with E-state index in [1.54, 1.807) is 30.3 Å². The summed E-state index contributed by atoms with van der Waals surface area (Å²) in [4.78, 5) is 19.1. The highest BCUT2D eigenvalue weighted by Crippen LogP contribution is 2.30. The Morgan fingerprint density at radius 3 is 2.26 bits per heavy atom. The second-order valence-electron chi connectivity index (χ2n) is 4.73. The molecule has 1 heterocycles. The summed E-state index contributed by atoms with van der Waals surface area (Å²) in [6.07, 6.45) is 0. The zero-order valence-electron chi connectivity index (χ0n) is 11.9. The Bertz CT molecular complexity index is 853. The summed E-state index contributed by atoms with van der Waals surface area (Å²) in [5.74, 6) is -0.0266. The van der Waals surface area contributed by atoms with E-state index in [1.807, 2.05) is 30.3 Å². The van der Waals surface area contributed by atoms with Crippen LogP contribution < -0.4 is 5.43 Å². The minimum absolute atomic E-state index is 0.0548. The molecule has 23 heavy (non-hydrogen) atoms. The fourth-order valence-corrected chi connectivity index (χ4v) is 2.17. The number of phenolic OH excluding ortho intramolecular Hbond substituents is 1. The van der Waals surface area contributed by atoms with E-state index in [1.165, 1.54) is 0 Å². The summed E-state index contributed by atoms with van der Waals surface area (Å²) >= 11 is 0. The van der Waals surface area contributed by atoms with Crippen LogP contribution in [0, 0.1) is 4.91 Å². The quantitative estimate of drug-likeness (QED) is 0.641. The van der Waals surface area contributed by atoms with Crippen LogP contribution in [-0.2, 0) is 0 Å². The predicted molar refractivity (Wildman–Crippen MR) is 83.6 cm³/mol. The smallest absolute Gasteiger partial charge is 0.362 e. The number of phenols is 1. The first-order valence-electron chi connectivity index (χ1n) is 6.79. The highest BCUT2D eigenvalue weighted by molar-refractivity contribution is 5.72. The molecule has 0 bridgehead atoms. The van der Waals surface area contributed by atoms with E-state index >= 15 is 0 Å². The molecule has 0 spiro atoms. The highest BCUT2D eigenvalue weighted by atomic mass is 16.7. The summed E-state index contributed by atoms with van der Waals surface area (Å²) in [5, 5.41) is 18.3. The minimum atomic E-state index is -0.473. The molecule has 3 aromatic rings. The lowest BCUT2D eigenvalue weighted by molar-refractivity contribution is -0.770. The molecular formula is C16H13N4O3+. The van der Waals surface area contributed by atoms with Crippen molar-refractivity contribution in [1.29, 1.82) is 0 Å². The Kier molecular flexibility index (Phi) is 3.84.